The Labute approximate surface area is 197 Å². The normalized spacial score (nSPS) is 21.6. The molecule has 0 bridgehead atoms. The minimum atomic E-state index is -1.23. The number of para-hydroxylation sites is 2. The van der Waals surface area contributed by atoms with E-state index in [0.29, 0.717) is 17.0 Å². The van der Waals surface area contributed by atoms with E-state index in [1.807, 2.05) is 79.7 Å². The van der Waals surface area contributed by atoms with Crippen LogP contribution in [0.5, 0.6) is 5.75 Å². The van der Waals surface area contributed by atoms with Crippen molar-refractivity contribution in [3.05, 3.63) is 95.6 Å². The molecular weight excluding hydrogens is 430 g/mol. The number of hydrogen-bond donors (Lipinski definition) is 1. The first-order chi connectivity index (χ1) is 16.4. The Morgan fingerprint density at radius 2 is 1.68 bits per heavy atom. The summed E-state index contributed by atoms with van der Waals surface area (Å²) >= 11 is 0. The third-order valence-corrected chi connectivity index (χ3v) is 6.48. The molecule has 5 rings (SSSR count). The second kappa shape index (κ2) is 8.33. The molecule has 2 heterocycles. The number of aryl methyl sites for hydroxylation is 1. The van der Waals surface area contributed by atoms with E-state index >= 15 is 0 Å². The average Bonchev–Trinajstić information content (AvgIpc) is 3.07. The number of rotatable bonds is 4. The van der Waals surface area contributed by atoms with Crippen molar-refractivity contribution < 1.29 is 19.1 Å². The van der Waals surface area contributed by atoms with Crippen LogP contribution in [0, 0.1) is 6.92 Å². The van der Waals surface area contributed by atoms with Gasteiger partial charge < -0.3 is 10.1 Å². The van der Waals surface area contributed by atoms with Gasteiger partial charge in [-0.25, -0.2) is 4.79 Å². The van der Waals surface area contributed by atoms with E-state index in [2.05, 4.69) is 5.32 Å². The van der Waals surface area contributed by atoms with Crippen molar-refractivity contribution in [2.45, 2.75) is 25.4 Å². The highest BCUT2D eigenvalue weighted by Gasteiger charge is 2.50. The maximum Gasteiger partial charge on any atom is 0.325 e. The quantitative estimate of drug-likeness (QED) is 0.605. The number of amides is 4. The van der Waals surface area contributed by atoms with Crippen molar-refractivity contribution in [1.29, 1.82) is 0 Å². The number of ether oxygens (including phenoxy) is 1. The zero-order valence-corrected chi connectivity index (χ0v) is 19.0. The molecule has 172 valence electrons. The smallest absolute Gasteiger partial charge is 0.325 e. The van der Waals surface area contributed by atoms with Gasteiger partial charge in [-0.15, -0.1) is 0 Å². The summed E-state index contributed by atoms with van der Waals surface area (Å²) in [6.45, 7) is 3.52. The summed E-state index contributed by atoms with van der Waals surface area (Å²) in [4.78, 5) is 42.6. The molecule has 1 saturated heterocycles. The predicted octanol–water partition coefficient (Wildman–Crippen LogP) is 3.93. The van der Waals surface area contributed by atoms with Crippen molar-refractivity contribution in [2.24, 2.45) is 0 Å². The largest absolute Gasteiger partial charge is 0.489 e. The zero-order valence-electron chi connectivity index (χ0n) is 19.0. The van der Waals surface area contributed by atoms with Gasteiger partial charge in [0.05, 0.1) is 11.7 Å². The summed E-state index contributed by atoms with van der Waals surface area (Å²) in [5.74, 6) is -0.224. The van der Waals surface area contributed by atoms with Crippen molar-refractivity contribution in [2.75, 3.05) is 18.1 Å². The van der Waals surface area contributed by atoms with Gasteiger partial charge in [0.2, 0.25) is 5.91 Å². The molecule has 0 unspecified atom stereocenters. The molecule has 34 heavy (non-hydrogen) atoms. The van der Waals surface area contributed by atoms with Crippen LogP contribution in [0.25, 0.3) is 0 Å². The molecule has 0 aromatic heterocycles. The molecule has 7 nitrogen and oxygen atoms in total. The third kappa shape index (κ3) is 3.59. The number of anilines is 1. The number of carbonyl (C=O) groups excluding carboxylic acids is 3. The van der Waals surface area contributed by atoms with Gasteiger partial charge >= 0.3 is 6.03 Å². The molecule has 2 aliphatic rings. The Balaban J connectivity index is 1.45. The van der Waals surface area contributed by atoms with Crippen LogP contribution in [-0.2, 0) is 15.1 Å². The average molecular weight is 456 g/mol. The maximum absolute atomic E-state index is 13.7. The highest BCUT2D eigenvalue weighted by atomic mass is 16.5. The van der Waals surface area contributed by atoms with Crippen molar-refractivity contribution >= 4 is 23.5 Å². The van der Waals surface area contributed by atoms with Gasteiger partial charge in [-0.3, -0.25) is 19.4 Å². The Hall–Kier alpha value is -4.13. The van der Waals surface area contributed by atoms with Crippen LogP contribution >= 0.6 is 0 Å². The van der Waals surface area contributed by atoms with Crippen LogP contribution in [0.15, 0.2) is 78.9 Å². The summed E-state index contributed by atoms with van der Waals surface area (Å²) in [6.07, 6.45) is 0. The van der Waals surface area contributed by atoms with Gasteiger partial charge in [0.15, 0.2) is 0 Å². The Morgan fingerprint density at radius 1 is 1.00 bits per heavy atom. The molecule has 0 aliphatic carbocycles. The molecule has 2 aliphatic heterocycles. The number of carbonyl (C=O) groups is 3. The van der Waals surface area contributed by atoms with Crippen molar-refractivity contribution in [3.63, 3.8) is 0 Å². The van der Waals surface area contributed by atoms with Gasteiger partial charge in [0.25, 0.3) is 5.91 Å². The van der Waals surface area contributed by atoms with Gasteiger partial charge in [-0.05, 0) is 37.1 Å². The predicted molar refractivity (Wildman–Crippen MR) is 127 cm³/mol. The topological polar surface area (TPSA) is 79.0 Å². The molecule has 3 aromatic rings. The fourth-order valence-electron chi connectivity index (χ4n) is 4.55. The fraction of sp³-hybridized carbons (Fsp3) is 0.222. The van der Waals surface area contributed by atoms with Crippen molar-refractivity contribution in [3.8, 4) is 5.75 Å². The van der Waals surface area contributed by atoms with Crippen LogP contribution in [0.2, 0.25) is 0 Å². The SMILES string of the molecule is Cc1ccc([C@]2(C)NC(=O)N(CC(=O)N3c4ccccc4OC[C@@H]3c3ccccc3)C2=O)cc1. The van der Waals surface area contributed by atoms with Gasteiger partial charge in [0, 0.05) is 0 Å². The number of hydrogen-bond acceptors (Lipinski definition) is 4. The van der Waals surface area contributed by atoms with Crippen LogP contribution < -0.4 is 15.0 Å². The lowest BCUT2D eigenvalue weighted by molar-refractivity contribution is -0.134. The Bertz CT molecular complexity index is 1260. The minimum absolute atomic E-state index is 0.272. The Kier molecular flexibility index (Phi) is 5.32. The van der Waals surface area contributed by atoms with E-state index in [1.54, 1.807) is 17.9 Å². The zero-order chi connectivity index (χ0) is 23.9. The van der Waals surface area contributed by atoms with E-state index in [1.165, 1.54) is 0 Å². The molecule has 3 aromatic carbocycles. The third-order valence-electron chi connectivity index (χ3n) is 6.48. The molecular formula is C27H25N3O4. The van der Waals surface area contributed by atoms with E-state index < -0.39 is 17.5 Å². The van der Waals surface area contributed by atoms with Crippen molar-refractivity contribution in [1.82, 2.24) is 10.2 Å². The standard InChI is InChI=1S/C27H25N3O4/c1-18-12-14-20(15-13-18)27(2)25(32)29(26(33)28-27)16-24(31)30-21-10-6-7-11-23(21)34-17-22(30)19-8-4-3-5-9-19/h3-15,22H,16-17H2,1-2H3,(H,28,33)/t22-,27+/m1/s1. The summed E-state index contributed by atoms with van der Waals surface area (Å²) < 4.78 is 5.93. The number of fused-ring (bicyclic) bond motifs is 1. The molecule has 0 saturated carbocycles. The van der Waals surface area contributed by atoms with Crippen LogP contribution in [0.1, 0.15) is 29.7 Å². The van der Waals surface area contributed by atoms with E-state index in [9.17, 15) is 14.4 Å². The molecule has 0 radical (unpaired) electrons. The number of imide groups is 1. The first-order valence-corrected chi connectivity index (χ1v) is 11.2. The second-order valence-electron chi connectivity index (χ2n) is 8.78. The number of nitrogens with zero attached hydrogens (tertiary/aromatic N) is 2. The molecule has 1 N–H and O–H groups in total. The molecule has 2 atom stereocenters. The van der Waals surface area contributed by atoms with Gasteiger partial charge in [-0.1, -0.05) is 72.3 Å². The first kappa shape index (κ1) is 21.7. The second-order valence-corrected chi connectivity index (χ2v) is 8.78. The summed E-state index contributed by atoms with van der Waals surface area (Å²) in [6, 6.07) is 23.3. The van der Waals surface area contributed by atoms with Crippen LogP contribution in [0.3, 0.4) is 0 Å². The lowest BCUT2D eigenvalue weighted by atomic mass is 9.91. The summed E-state index contributed by atoms with van der Waals surface area (Å²) in [7, 11) is 0. The summed E-state index contributed by atoms with van der Waals surface area (Å²) in [5.41, 5.74) is 2.01. The van der Waals surface area contributed by atoms with Crippen LogP contribution in [0.4, 0.5) is 10.5 Å². The maximum atomic E-state index is 13.7. The summed E-state index contributed by atoms with van der Waals surface area (Å²) in [5, 5.41) is 2.78. The number of nitrogens with one attached hydrogen (secondary N) is 1. The highest BCUT2D eigenvalue weighted by Crippen LogP contribution is 2.39. The van der Waals surface area contributed by atoms with E-state index in [0.717, 1.165) is 16.0 Å². The monoisotopic (exact) mass is 455 g/mol. The molecule has 1 fully saturated rings. The lowest BCUT2D eigenvalue weighted by Crippen LogP contribution is -2.48. The Morgan fingerprint density at radius 3 is 2.41 bits per heavy atom. The number of urea groups is 1. The van der Waals surface area contributed by atoms with Gasteiger partial charge in [0.1, 0.15) is 24.4 Å². The van der Waals surface area contributed by atoms with Gasteiger partial charge in [-0.2, -0.15) is 0 Å². The van der Waals surface area contributed by atoms with E-state index in [-0.39, 0.29) is 25.1 Å². The van der Waals surface area contributed by atoms with E-state index in [4.69, 9.17) is 4.74 Å². The fourth-order valence-corrected chi connectivity index (χ4v) is 4.55. The van der Waals surface area contributed by atoms with Crippen LogP contribution in [-0.4, -0.2) is 35.9 Å². The first-order valence-electron chi connectivity index (χ1n) is 11.2. The highest BCUT2D eigenvalue weighted by molar-refractivity contribution is 6.11. The molecule has 0 spiro atoms. The molecule has 4 amide bonds. The lowest BCUT2D eigenvalue weighted by Gasteiger charge is -2.37. The molecule has 7 heteroatoms. The minimum Gasteiger partial charge on any atom is -0.489 e. The number of benzene rings is 3.